The van der Waals surface area contributed by atoms with Crippen LogP contribution in [0.25, 0.3) is 0 Å². The molecule has 96 valence electrons. The molecule has 2 aliphatic heterocycles. The molecule has 0 aromatic heterocycles. The zero-order valence-electron chi connectivity index (χ0n) is 10.8. The fourth-order valence-electron chi connectivity index (χ4n) is 3.01. The molecule has 0 radical (unpaired) electrons. The van der Waals surface area contributed by atoms with Crippen LogP contribution < -0.4 is 4.90 Å². The number of aryl methyl sites for hydroxylation is 2. The van der Waals surface area contributed by atoms with Crippen molar-refractivity contribution in [2.45, 2.75) is 38.7 Å². The fourth-order valence-corrected chi connectivity index (χ4v) is 3.01. The molecule has 3 rings (SSSR count). The van der Waals surface area contributed by atoms with Gasteiger partial charge in [0.05, 0.1) is 0 Å². The van der Waals surface area contributed by atoms with E-state index in [4.69, 9.17) is 4.74 Å². The summed E-state index contributed by atoms with van der Waals surface area (Å²) in [4.78, 5) is 14.5. The van der Waals surface area contributed by atoms with E-state index in [1.54, 1.807) is 0 Å². The van der Waals surface area contributed by atoms with Gasteiger partial charge in [0.1, 0.15) is 6.10 Å². The van der Waals surface area contributed by atoms with Crippen molar-refractivity contribution < 1.29 is 9.53 Å². The Bertz CT molecular complexity index is 464. The van der Waals surface area contributed by atoms with Crippen molar-refractivity contribution in [2.75, 3.05) is 18.1 Å². The number of benzene rings is 1. The first kappa shape index (κ1) is 11.7. The van der Waals surface area contributed by atoms with Gasteiger partial charge >= 0.3 is 0 Å². The molecule has 0 bridgehead atoms. The summed E-state index contributed by atoms with van der Waals surface area (Å²) in [6, 6.07) is 6.30. The average Bonchev–Trinajstić information content (AvgIpc) is 2.91. The predicted octanol–water partition coefficient (Wildman–Crippen LogP) is 2.45. The number of hydrogen-bond acceptors (Lipinski definition) is 2. The van der Waals surface area contributed by atoms with Crippen molar-refractivity contribution in [1.82, 2.24) is 0 Å². The van der Waals surface area contributed by atoms with Crippen LogP contribution in [0.2, 0.25) is 0 Å². The molecule has 0 saturated carbocycles. The lowest BCUT2D eigenvalue weighted by Gasteiger charge is -2.32. The number of amides is 1. The van der Waals surface area contributed by atoms with Crippen LogP contribution in [0.3, 0.4) is 0 Å². The number of hydrogen-bond donors (Lipinski definition) is 0. The molecular weight excluding hydrogens is 226 g/mol. The molecule has 1 aromatic carbocycles. The first-order valence-electron chi connectivity index (χ1n) is 6.79. The monoisotopic (exact) mass is 245 g/mol. The highest BCUT2D eigenvalue weighted by molar-refractivity contribution is 5.98. The van der Waals surface area contributed by atoms with Crippen LogP contribution in [0.4, 0.5) is 5.69 Å². The normalized spacial score (nSPS) is 22.9. The number of ether oxygens (including phenoxy) is 1. The van der Waals surface area contributed by atoms with E-state index in [1.807, 2.05) is 4.90 Å². The number of rotatable bonds is 1. The van der Waals surface area contributed by atoms with Gasteiger partial charge in [-0.3, -0.25) is 4.79 Å². The Morgan fingerprint density at radius 2 is 2.28 bits per heavy atom. The molecule has 0 aliphatic carbocycles. The van der Waals surface area contributed by atoms with E-state index < -0.39 is 0 Å². The molecular formula is C15H19NO2. The smallest absolute Gasteiger partial charge is 0.256 e. The number of carbonyl (C=O) groups excluding carboxylic acids is 1. The SMILES string of the molecule is Cc1cccc2c1N(C(=O)C1CCCO1)CCC2. The summed E-state index contributed by atoms with van der Waals surface area (Å²) in [7, 11) is 0. The van der Waals surface area contributed by atoms with E-state index in [-0.39, 0.29) is 12.0 Å². The number of para-hydroxylation sites is 1. The zero-order valence-corrected chi connectivity index (χ0v) is 10.8. The molecule has 1 aromatic rings. The summed E-state index contributed by atoms with van der Waals surface area (Å²) in [5, 5.41) is 0. The molecule has 0 N–H and O–H groups in total. The van der Waals surface area contributed by atoms with Crippen molar-refractivity contribution >= 4 is 11.6 Å². The van der Waals surface area contributed by atoms with Crippen molar-refractivity contribution in [3.05, 3.63) is 29.3 Å². The minimum absolute atomic E-state index is 0.155. The molecule has 18 heavy (non-hydrogen) atoms. The van der Waals surface area contributed by atoms with Crippen LogP contribution in [0.5, 0.6) is 0 Å². The molecule has 0 spiro atoms. The maximum atomic E-state index is 12.5. The molecule has 1 saturated heterocycles. The quantitative estimate of drug-likeness (QED) is 0.760. The van der Waals surface area contributed by atoms with E-state index >= 15 is 0 Å². The molecule has 1 unspecified atom stereocenters. The lowest BCUT2D eigenvalue weighted by Crippen LogP contribution is -2.42. The Hall–Kier alpha value is -1.35. The predicted molar refractivity (Wildman–Crippen MR) is 70.8 cm³/mol. The molecule has 1 fully saturated rings. The maximum absolute atomic E-state index is 12.5. The van der Waals surface area contributed by atoms with E-state index in [1.165, 1.54) is 11.1 Å². The zero-order chi connectivity index (χ0) is 12.5. The van der Waals surface area contributed by atoms with Gasteiger partial charge in [0.25, 0.3) is 5.91 Å². The molecule has 1 amide bonds. The fraction of sp³-hybridized carbons (Fsp3) is 0.533. The van der Waals surface area contributed by atoms with Crippen LogP contribution >= 0.6 is 0 Å². The maximum Gasteiger partial charge on any atom is 0.256 e. The van der Waals surface area contributed by atoms with Gasteiger partial charge in [-0.2, -0.15) is 0 Å². The van der Waals surface area contributed by atoms with Crippen molar-refractivity contribution in [3.8, 4) is 0 Å². The second-order valence-electron chi connectivity index (χ2n) is 5.18. The Kier molecular flexibility index (Phi) is 3.08. The summed E-state index contributed by atoms with van der Waals surface area (Å²) in [5.41, 5.74) is 3.62. The summed E-state index contributed by atoms with van der Waals surface area (Å²) < 4.78 is 5.53. The molecule has 1 atom stereocenters. The van der Waals surface area contributed by atoms with E-state index in [9.17, 15) is 4.79 Å². The molecule has 2 aliphatic rings. The summed E-state index contributed by atoms with van der Waals surface area (Å²) in [6.07, 6.45) is 3.79. The van der Waals surface area contributed by atoms with Gasteiger partial charge < -0.3 is 9.64 Å². The standard InChI is InChI=1S/C15H19NO2/c1-11-5-2-6-12-7-3-9-16(14(11)12)15(17)13-8-4-10-18-13/h2,5-6,13H,3-4,7-10H2,1H3. The number of nitrogens with zero attached hydrogens (tertiary/aromatic N) is 1. The third-order valence-corrected chi connectivity index (χ3v) is 3.89. The molecule has 3 nitrogen and oxygen atoms in total. The van der Waals surface area contributed by atoms with Gasteiger partial charge in [0, 0.05) is 18.8 Å². The highest BCUT2D eigenvalue weighted by Gasteiger charge is 2.31. The second kappa shape index (κ2) is 4.73. The average molecular weight is 245 g/mol. The van der Waals surface area contributed by atoms with E-state index in [0.717, 1.165) is 44.5 Å². The topological polar surface area (TPSA) is 29.5 Å². The van der Waals surface area contributed by atoms with Gasteiger partial charge in [-0.15, -0.1) is 0 Å². The number of anilines is 1. The first-order valence-corrected chi connectivity index (χ1v) is 6.79. The van der Waals surface area contributed by atoms with Crippen LogP contribution in [0.1, 0.15) is 30.4 Å². The largest absolute Gasteiger partial charge is 0.368 e. The first-order chi connectivity index (χ1) is 8.77. The van der Waals surface area contributed by atoms with Crippen LogP contribution in [-0.2, 0) is 16.0 Å². The Morgan fingerprint density at radius 1 is 1.39 bits per heavy atom. The second-order valence-corrected chi connectivity index (χ2v) is 5.18. The Balaban J connectivity index is 1.93. The Morgan fingerprint density at radius 3 is 3.06 bits per heavy atom. The van der Waals surface area contributed by atoms with Crippen LogP contribution in [0, 0.1) is 6.92 Å². The van der Waals surface area contributed by atoms with E-state index in [2.05, 4.69) is 25.1 Å². The van der Waals surface area contributed by atoms with Gasteiger partial charge in [-0.25, -0.2) is 0 Å². The highest BCUT2D eigenvalue weighted by atomic mass is 16.5. The Labute approximate surface area is 108 Å². The van der Waals surface area contributed by atoms with Gasteiger partial charge in [0.2, 0.25) is 0 Å². The summed E-state index contributed by atoms with van der Waals surface area (Å²) in [5.74, 6) is 0.155. The summed E-state index contributed by atoms with van der Waals surface area (Å²) in [6.45, 7) is 3.64. The molecule has 2 heterocycles. The lowest BCUT2D eigenvalue weighted by molar-refractivity contribution is -0.127. The van der Waals surface area contributed by atoms with Crippen molar-refractivity contribution in [3.63, 3.8) is 0 Å². The van der Waals surface area contributed by atoms with Gasteiger partial charge in [-0.05, 0) is 43.7 Å². The molecule has 3 heteroatoms. The van der Waals surface area contributed by atoms with Crippen molar-refractivity contribution in [1.29, 1.82) is 0 Å². The highest BCUT2D eigenvalue weighted by Crippen LogP contribution is 2.32. The number of carbonyl (C=O) groups is 1. The summed E-state index contributed by atoms with van der Waals surface area (Å²) >= 11 is 0. The van der Waals surface area contributed by atoms with Gasteiger partial charge in [0.15, 0.2) is 0 Å². The van der Waals surface area contributed by atoms with Gasteiger partial charge in [-0.1, -0.05) is 18.2 Å². The number of fused-ring (bicyclic) bond motifs is 1. The minimum Gasteiger partial charge on any atom is -0.368 e. The minimum atomic E-state index is -0.212. The van der Waals surface area contributed by atoms with Crippen LogP contribution in [0.15, 0.2) is 18.2 Å². The third-order valence-electron chi connectivity index (χ3n) is 3.89. The van der Waals surface area contributed by atoms with Crippen molar-refractivity contribution in [2.24, 2.45) is 0 Å². The van der Waals surface area contributed by atoms with Crippen LogP contribution in [-0.4, -0.2) is 25.2 Å². The lowest BCUT2D eigenvalue weighted by atomic mass is 9.97. The van der Waals surface area contributed by atoms with E-state index in [0.29, 0.717) is 0 Å². The third kappa shape index (κ3) is 1.93.